The summed E-state index contributed by atoms with van der Waals surface area (Å²) in [6.45, 7) is 2.90. The van der Waals surface area contributed by atoms with Crippen molar-refractivity contribution >= 4 is 11.6 Å². The van der Waals surface area contributed by atoms with Gasteiger partial charge in [-0.15, -0.1) is 0 Å². The number of benzene rings is 1. The number of likely N-dealkylation sites (N-methyl/N-ethyl adjacent to an activating group) is 1. The van der Waals surface area contributed by atoms with Crippen molar-refractivity contribution in [1.29, 1.82) is 0 Å². The molecule has 0 saturated carbocycles. The summed E-state index contributed by atoms with van der Waals surface area (Å²) in [6.07, 6.45) is 0.540. The summed E-state index contributed by atoms with van der Waals surface area (Å²) in [4.78, 5) is 14.1. The highest BCUT2D eigenvalue weighted by molar-refractivity contribution is 5.91. The van der Waals surface area contributed by atoms with Crippen molar-refractivity contribution in [2.75, 3.05) is 32.0 Å². The molecule has 1 aliphatic rings. The minimum Gasteiger partial charge on any atom is -0.326 e. The van der Waals surface area contributed by atoms with Crippen molar-refractivity contribution in [3.05, 3.63) is 30.3 Å². The Morgan fingerprint density at radius 1 is 1.47 bits per heavy atom. The monoisotopic (exact) mass is 233 g/mol. The molecule has 0 bridgehead atoms. The third kappa shape index (κ3) is 3.54. The van der Waals surface area contributed by atoms with Gasteiger partial charge < -0.3 is 15.5 Å². The van der Waals surface area contributed by atoms with Crippen LogP contribution in [0.4, 0.5) is 5.69 Å². The molecule has 0 aliphatic carbocycles. The van der Waals surface area contributed by atoms with E-state index >= 15 is 0 Å². The van der Waals surface area contributed by atoms with Crippen LogP contribution in [0.3, 0.4) is 0 Å². The number of piperazine rings is 1. The van der Waals surface area contributed by atoms with E-state index in [0.717, 1.165) is 25.3 Å². The van der Waals surface area contributed by atoms with Gasteiger partial charge in [0.05, 0.1) is 0 Å². The van der Waals surface area contributed by atoms with Crippen LogP contribution >= 0.6 is 0 Å². The Morgan fingerprint density at radius 2 is 2.24 bits per heavy atom. The molecule has 0 radical (unpaired) electrons. The fourth-order valence-corrected chi connectivity index (χ4v) is 2.04. The minimum absolute atomic E-state index is 0.0803. The molecule has 1 atom stereocenters. The maximum absolute atomic E-state index is 11.9. The summed E-state index contributed by atoms with van der Waals surface area (Å²) >= 11 is 0. The molecule has 4 nitrogen and oxygen atoms in total. The summed E-state index contributed by atoms with van der Waals surface area (Å²) in [5.41, 5.74) is 0.865. The highest BCUT2D eigenvalue weighted by atomic mass is 16.1. The van der Waals surface area contributed by atoms with Gasteiger partial charge in [0, 0.05) is 37.8 Å². The molecule has 2 N–H and O–H groups in total. The second kappa shape index (κ2) is 5.80. The lowest BCUT2D eigenvalue weighted by Gasteiger charge is -2.32. The highest BCUT2D eigenvalue weighted by Gasteiger charge is 2.21. The van der Waals surface area contributed by atoms with Gasteiger partial charge in [-0.2, -0.15) is 0 Å². The second-order valence-corrected chi connectivity index (χ2v) is 4.46. The van der Waals surface area contributed by atoms with Crippen LogP contribution in [0.1, 0.15) is 6.42 Å². The quantitative estimate of drug-likeness (QED) is 0.816. The van der Waals surface area contributed by atoms with E-state index in [2.05, 4.69) is 22.6 Å². The molecule has 0 spiro atoms. The fraction of sp³-hybridized carbons (Fsp3) is 0.462. The lowest BCUT2D eigenvalue weighted by Crippen LogP contribution is -2.50. The fourth-order valence-electron chi connectivity index (χ4n) is 2.04. The van der Waals surface area contributed by atoms with E-state index in [4.69, 9.17) is 0 Å². The number of amides is 1. The van der Waals surface area contributed by atoms with E-state index < -0.39 is 0 Å². The van der Waals surface area contributed by atoms with Gasteiger partial charge in [-0.3, -0.25) is 4.79 Å². The van der Waals surface area contributed by atoms with Crippen LogP contribution in [0.15, 0.2) is 30.3 Å². The molecule has 1 aliphatic heterocycles. The van der Waals surface area contributed by atoms with Gasteiger partial charge >= 0.3 is 0 Å². The molecule has 1 unspecified atom stereocenters. The number of nitrogens with zero attached hydrogens (tertiary/aromatic N) is 1. The molecule has 1 aromatic carbocycles. The number of para-hydroxylation sites is 1. The van der Waals surface area contributed by atoms with E-state index in [-0.39, 0.29) is 5.91 Å². The molecule has 0 aromatic heterocycles. The zero-order valence-electron chi connectivity index (χ0n) is 10.1. The van der Waals surface area contributed by atoms with Crippen LogP contribution in [0, 0.1) is 0 Å². The van der Waals surface area contributed by atoms with Crippen molar-refractivity contribution in [3.63, 3.8) is 0 Å². The van der Waals surface area contributed by atoms with Crippen LogP contribution in [0.25, 0.3) is 0 Å². The topological polar surface area (TPSA) is 44.4 Å². The average molecular weight is 233 g/mol. The molecule has 1 fully saturated rings. The summed E-state index contributed by atoms with van der Waals surface area (Å²) in [5.74, 6) is 0.0803. The number of hydrogen-bond acceptors (Lipinski definition) is 3. The lowest BCUT2D eigenvalue weighted by atomic mass is 10.1. The highest BCUT2D eigenvalue weighted by Crippen LogP contribution is 2.09. The first kappa shape index (κ1) is 12.1. The second-order valence-electron chi connectivity index (χ2n) is 4.46. The molecule has 1 aromatic rings. The molecular weight excluding hydrogens is 214 g/mol. The Bertz CT molecular complexity index is 366. The van der Waals surface area contributed by atoms with Gasteiger partial charge in [0.1, 0.15) is 0 Å². The van der Waals surface area contributed by atoms with Crippen LogP contribution < -0.4 is 10.6 Å². The molecule has 1 amide bonds. The van der Waals surface area contributed by atoms with Gasteiger partial charge in [0.25, 0.3) is 0 Å². The van der Waals surface area contributed by atoms with E-state index in [1.165, 1.54) is 0 Å². The van der Waals surface area contributed by atoms with Gasteiger partial charge in [-0.05, 0) is 19.2 Å². The van der Waals surface area contributed by atoms with E-state index in [0.29, 0.717) is 12.5 Å². The zero-order valence-corrected chi connectivity index (χ0v) is 10.1. The van der Waals surface area contributed by atoms with Crippen LogP contribution in [-0.4, -0.2) is 43.5 Å². The van der Waals surface area contributed by atoms with Crippen LogP contribution in [-0.2, 0) is 4.79 Å². The molecule has 2 rings (SSSR count). The lowest BCUT2D eigenvalue weighted by molar-refractivity contribution is -0.117. The van der Waals surface area contributed by atoms with E-state index in [1.807, 2.05) is 30.3 Å². The maximum Gasteiger partial charge on any atom is 0.225 e. The normalized spacial score (nSPS) is 21.1. The number of carbonyl (C=O) groups excluding carboxylic acids is 1. The first-order chi connectivity index (χ1) is 8.25. The van der Waals surface area contributed by atoms with Crippen LogP contribution in [0.5, 0.6) is 0 Å². The van der Waals surface area contributed by atoms with Gasteiger partial charge in [0.15, 0.2) is 0 Å². The molecule has 1 heterocycles. The summed E-state index contributed by atoms with van der Waals surface area (Å²) in [6, 6.07) is 9.89. The Labute approximate surface area is 102 Å². The standard InChI is InChI=1S/C13H19N3O/c1-16-8-7-14-10-12(16)9-13(17)15-11-5-3-2-4-6-11/h2-6,12,14H,7-10H2,1H3,(H,15,17). The van der Waals surface area contributed by atoms with Gasteiger partial charge in [0.2, 0.25) is 5.91 Å². The van der Waals surface area contributed by atoms with Crippen molar-refractivity contribution < 1.29 is 4.79 Å². The average Bonchev–Trinajstić information content (AvgIpc) is 2.33. The predicted molar refractivity (Wildman–Crippen MR) is 69.0 cm³/mol. The van der Waals surface area contributed by atoms with E-state index in [9.17, 15) is 4.79 Å². The first-order valence-corrected chi connectivity index (χ1v) is 6.01. The van der Waals surface area contributed by atoms with Crippen molar-refractivity contribution in [1.82, 2.24) is 10.2 Å². The summed E-state index contributed by atoms with van der Waals surface area (Å²) in [5, 5.41) is 6.23. The maximum atomic E-state index is 11.9. The Hall–Kier alpha value is -1.39. The molecule has 4 heteroatoms. The van der Waals surface area contributed by atoms with Gasteiger partial charge in [-0.1, -0.05) is 18.2 Å². The van der Waals surface area contributed by atoms with Crippen molar-refractivity contribution in [3.8, 4) is 0 Å². The summed E-state index contributed by atoms with van der Waals surface area (Å²) < 4.78 is 0. The van der Waals surface area contributed by atoms with E-state index in [1.54, 1.807) is 0 Å². The first-order valence-electron chi connectivity index (χ1n) is 6.01. The molecular formula is C13H19N3O. The third-order valence-corrected chi connectivity index (χ3v) is 3.12. The number of hydrogen-bond donors (Lipinski definition) is 2. The molecule has 92 valence electrons. The zero-order chi connectivity index (χ0) is 12.1. The van der Waals surface area contributed by atoms with Crippen LogP contribution in [0.2, 0.25) is 0 Å². The number of anilines is 1. The van der Waals surface area contributed by atoms with Crippen molar-refractivity contribution in [2.24, 2.45) is 0 Å². The van der Waals surface area contributed by atoms with Crippen molar-refractivity contribution in [2.45, 2.75) is 12.5 Å². The SMILES string of the molecule is CN1CCNCC1CC(=O)Nc1ccccc1. The minimum atomic E-state index is 0.0803. The Morgan fingerprint density at radius 3 is 2.94 bits per heavy atom. The molecule has 17 heavy (non-hydrogen) atoms. The third-order valence-electron chi connectivity index (χ3n) is 3.12. The number of nitrogens with one attached hydrogen (secondary N) is 2. The Balaban J connectivity index is 1.84. The molecule has 1 saturated heterocycles. The predicted octanol–water partition coefficient (Wildman–Crippen LogP) is 0.919. The van der Waals surface area contributed by atoms with Gasteiger partial charge in [-0.25, -0.2) is 0 Å². The number of rotatable bonds is 3. The Kier molecular flexibility index (Phi) is 4.12. The smallest absolute Gasteiger partial charge is 0.225 e. The summed E-state index contributed by atoms with van der Waals surface area (Å²) in [7, 11) is 2.07. The largest absolute Gasteiger partial charge is 0.326 e. The number of carbonyl (C=O) groups is 1.